The second-order valence-electron chi connectivity index (χ2n) is 14.6. The molecule has 6 saturated heterocycles. The molecular weight excluding hydrogens is 640 g/mol. The highest BCUT2D eigenvalue weighted by Crippen LogP contribution is 2.32. The molecule has 5 atom stereocenters. The fraction of sp³-hybridized carbons (Fsp3) is 0.853. The van der Waals surface area contributed by atoms with Gasteiger partial charge in [0.25, 0.3) is 11.8 Å². The zero-order valence-electron chi connectivity index (χ0n) is 30.0. The van der Waals surface area contributed by atoms with Gasteiger partial charge in [0.05, 0.1) is 83.6 Å². The van der Waals surface area contributed by atoms with Crippen LogP contribution in [0.1, 0.15) is 86.5 Å². The standard InChI is InChI=1S/C14H22N2O5.C11H16N2O4.C9H18O2/c1-9(19-7-11-8-21-11)4-15-12(17)14(2,3)16(13(15)18)5-10-6-20-10;1-11(2)9(14)12(3-7-5-16-7)10(15)13(11)4-8-6-17-8;1-2-3-4-5-6-7-8-9(10)11/h9-11H,4-8H2,1-3H3;7-8H,3-6H2,1-2H3;2-8H2,1H3,(H,10,11). The molecule has 5 unspecified atom stereocenters. The molecule has 0 radical (unpaired) electrons. The van der Waals surface area contributed by atoms with Gasteiger partial charge in [0.15, 0.2) is 0 Å². The van der Waals surface area contributed by atoms with Crippen LogP contribution in [0.25, 0.3) is 0 Å². The molecule has 15 nitrogen and oxygen atoms in total. The van der Waals surface area contributed by atoms with Gasteiger partial charge < -0.3 is 38.6 Å². The Morgan fingerprint density at radius 3 is 1.63 bits per heavy atom. The molecule has 278 valence electrons. The number of epoxide rings is 4. The molecule has 0 spiro atoms. The Hall–Kier alpha value is -2.85. The van der Waals surface area contributed by atoms with Crippen molar-refractivity contribution >= 4 is 29.8 Å². The number of urea groups is 2. The predicted molar refractivity (Wildman–Crippen MR) is 176 cm³/mol. The highest BCUT2D eigenvalue weighted by molar-refractivity contribution is 6.07. The average Bonchev–Trinajstić information content (AvgIpc) is 3.87. The molecular formula is C34H56N4O11. The molecule has 6 amide bonds. The van der Waals surface area contributed by atoms with Crippen molar-refractivity contribution < 1.29 is 52.8 Å². The number of carboxylic acids is 1. The Morgan fingerprint density at radius 2 is 1.16 bits per heavy atom. The summed E-state index contributed by atoms with van der Waals surface area (Å²) in [6, 6.07) is -0.468. The summed E-state index contributed by atoms with van der Waals surface area (Å²) in [5, 5.41) is 8.32. The van der Waals surface area contributed by atoms with E-state index in [4.69, 9.17) is 28.8 Å². The van der Waals surface area contributed by atoms with Gasteiger partial charge in [0, 0.05) is 6.42 Å². The van der Waals surface area contributed by atoms with Crippen molar-refractivity contribution in [2.75, 3.05) is 59.2 Å². The van der Waals surface area contributed by atoms with Crippen molar-refractivity contribution in [1.29, 1.82) is 0 Å². The largest absolute Gasteiger partial charge is 0.481 e. The fourth-order valence-corrected chi connectivity index (χ4v) is 5.70. The number of carbonyl (C=O) groups excluding carboxylic acids is 4. The highest BCUT2D eigenvalue weighted by atomic mass is 16.6. The third kappa shape index (κ3) is 11.3. The van der Waals surface area contributed by atoms with Gasteiger partial charge in [-0.15, -0.1) is 0 Å². The number of aliphatic carboxylic acids is 1. The van der Waals surface area contributed by atoms with E-state index in [1.807, 2.05) is 6.92 Å². The number of amides is 6. The summed E-state index contributed by atoms with van der Waals surface area (Å²) in [6.07, 6.45) is 7.44. The van der Waals surface area contributed by atoms with Gasteiger partial charge in [0.1, 0.15) is 17.2 Å². The van der Waals surface area contributed by atoms with E-state index in [9.17, 15) is 24.0 Å². The van der Waals surface area contributed by atoms with Crippen molar-refractivity contribution in [1.82, 2.24) is 19.6 Å². The molecule has 1 N–H and O–H groups in total. The smallest absolute Gasteiger partial charge is 0.327 e. The molecule has 0 saturated carbocycles. The summed E-state index contributed by atoms with van der Waals surface area (Å²) in [5.41, 5.74) is -1.58. The number of carboxylic acid groups (broad SMARTS) is 1. The van der Waals surface area contributed by atoms with Crippen LogP contribution in [0.3, 0.4) is 0 Å². The van der Waals surface area contributed by atoms with Crippen LogP contribution in [0.15, 0.2) is 0 Å². The van der Waals surface area contributed by atoms with Crippen molar-refractivity contribution in [2.24, 2.45) is 0 Å². The number of rotatable bonds is 18. The van der Waals surface area contributed by atoms with Crippen LogP contribution in [0.4, 0.5) is 9.59 Å². The predicted octanol–water partition coefficient (Wildman–Crippen LogP) is 2.88. The number of imide groups is 2. The monoisotopic (exact) mass is 696 g/mol. The molecule has 6 aliphatic heterocycles. The molecule has 15 heteroatoms. The van der Waals surface area contributed by atoms with Crippen LogP contribution in [0, 0.1) is 0 Å². The minimum absolute atomic E-state index is 0.0378. The van der Waals surface area contributed by atoms with Crippen LogP contribution in [-0.2, 0) is 38.1 Å². The molecule has 6 aliphatic rings. The maximum atomic E-state index is 12.5. The maximum absolute atomic E-state index is 12.5. The van der Waals surface area contributed by atoms with E-state index in [0.29, 0.717) is 52.5 Å². The molecule has 0 aliphatic carbocycles. The lowest BCUT2D eigenvalue weighted by Crippen LogP contribution is -2.46. The SMILES string of the molecule is CC(CN1C(=O)N(CC2CO2)C(C)(C)C1=O)OCC1CO1.CC1(C)C(=O)N(CC2CO2)C(=O)N1CC1CO1.CCCCCCCCC(=O)O. The van der Waals surface area contributed by atoms with Crippen LogP contribution >= 0.6 is 0 Å². The first-order valence-electron chi connectivity index (χ1n) is 17.7. The zero-order valence-corrected chi connectivity index (χ0v) is 30.0. The number of hydrogen-bond acceptors (Lipinski definition) is 10. The van der Waals surface area contributed by atoms with Gasteiger partial charge in [-0.2, -0.15) is 0 Å². The average molecular weight is 697 g/mol. The van der Waals surface area contributed by atoms with Gasteiger partial charge in [-0.3, -0.25) is 24.2 Å². The molecule has 0 aromatic carbocycles. The minimum atomic E-state index is -0.817. The highest BCUT2D eigenvalue weighted by Gasteiger charge is 2.54. The van der Waals surface area contributed by atoms with E-state index < -0.39 is 17.0 Å². The van der Waals surface area contributed by atoms with Gasteiger partial charge >= 0.3 is 18.0 Å². The first-order chi connectivity index (χ1) is 23.2. The quantitative estimate of drug-likeness (QED) is 0.127. The Morgan fingerprint density at radius 1 is 0.735 bits per heavy atom. The van der Waals surface area contributed by atoms with E-state index in [1.54, 1.807) is 37.5 Å². The molecule has 0 bridgehead atoms. The summed E-state index contributed by atoms with van der Waals surface area (Å²) in [7, 11) is 0. The normalized spacial score (nSPS) is 27.8. The minimum Gasteiger partial charge on any atom is -0.481 e. The topological polar surface area (TPSA) is 178 Å². The van der Waals surface area contributed by atoms with Gasteiger partial charge in [-0.1, -0.05) is 39.0 Å². The molecule has 6 rings (SSSR count). The third-order valence-corrected chi connectivity index (χ3v) is 9.33. The van der Waals surface area contributed by atoms with Gasteiger partial charge in [-0.25, -0.2) is 9.59 Å². The lowest BCUT2D eigenvalue weighted by molar-refractivity contribution is -0.137. The molecule has 49 heavy (non-hydrogen) atoms. The second kappa shape index (κ2) is 16.9. The number of hydrogen-bond donors (Lipinski definition) is 1. The fourth-order valence-electron chi connectivity index (χ4n) is 5.70. The van der Waals surface area contributed by atoms with Crippen LogP contribution in [0.2, 0.25) is 0 Å². The van der Waals surface area contributed by atoms with Crippen LogP contribution in [-0.4, -0.2) is 155 Å². The Labute approximate surface area is 289 Å². The molecule has 6 fully saturated rings. The lowest BCUT2D eigenvalue weighted by atomic mass is 10.0. The van der Waals surface area contributed by atoms with Crippen LogP contribution in [0.5, 0.6) is 0 Å². The number of carbonyl (C=O) groups is 5. The first-order valence-corrected chi connectivity index (χ1v) is 17.7. The van der Waals surface area contributed by atoms with Crippen molar-refractivity contribution in [3.8, 4) is 0 Å². The summed E-state index contributed by atoms with van der Waals surface area (Å²) in [5.74, 6) is -0.981. The number of ether oxygens (including phenoxy) is 5. The Balaban J connectivity index is 0.000000175. The van der Waals surface area contributed by atoms with E-state index in [1.165, 1.54) is 35.5 Å². The Kier molecular flexibility index (Phi) is 13.4. The van der Waals surface area contributed by atoms with Gasteiger partial charge in [0.2, 0.25) is 0 Å². The second-order valence-corrected chi connectivity index (χ2v) is 14.6. The lowest BCUT2D eigenvalue weighted by Gasteiger charge is -2.26. The summed E-state index contributed by atoms with van der Waals surface area (Å²) < 4.78 is 26.1. The van der Waals surface area contributed by atoms with Crippen molar-refractivity contribution in [2.45, 2.75) is 128 Å². The number of nitrogens with zero attached hydrogens (tertiary/aromatic N) is 4. The van der Waals surface area contributed by atoms with E-state index in [-0.39, 0.29) is 60.9 Å². The van der Waals surface area contributed by atoms with E-state index >= 15 is 0 Å². The van der Waals surface area contributed by atoms with Crippen molar-refractivity contribution in [3.05, 3.63) is 0 Å². The maximum Gasteiger partial charge on any atom is 0.327 e. The zero-order chi connectivity index (χ0) is 35.9. The summed E-state index contributed by atoms with van der Waals surface area (Å²) >= 11 is 0. The van der Waals surface area contributed by atoms with Gasteiger partial charge in [-0.05, 0) is 41.0 Å². The Bertz CT molecular complexity index is 1180. The summed E-state index contributed by atoms with van der Waals surface area (Å²) in [6.45, 7) is 16.0. The number of unbranched alkanes of at least 4 members (excludes halogenated alkanes) is 5. The molecule has 0 aromatic rings. The van der Waals surface area contributed by atoms with Crippen LogP contribution < -0.4 is 0 Å². The first kappa shape index (κ1) is 38.9. The molecule has 6 heterocycles. The third-order valence-electron chi connectivity index (χ3n) is 9.33. The summed E-state index contributed by atoms with van der Waals surface area (Å²) in [4.78, 5) is 65.2. The van der Waals surface area contributed by atoms with E-state index in [2.05, 4.69) is 6.92 Å². The van der Waals surface area contributed by atoms with Crippen molar-refractivity contribution in [3.63, 3.8) is 0 Å². The molecule has 0 aromatic heterocycles. The van der Waals surface area contributed by atoms with E-state index in [0.717, 1.165) is 19.4 Å².